The van der Waals surface area contributed by atoms with E-state index in [2.05, 4.69) is 17.1 Å². The van der Waals surface area contributed by atoms with Gasteiger partial charge in [-0.05, 0) is 25.0 Å². The molecule has 5 nitrogen and oxygen atoms in total. The maximum absolute atomic E-state index is 12.5. The van der Waals surface area contributed by atoms with Crippen LogP contribution in [0, 0.1) is 13.8 Å². The van der Waals surface area contributed by atoms with Gasteiger partial charge in [-0.2, -0.15) is 4.99 Å². The summed E-state index contributed by atoms with van der Waals surface area (Å²) in [6, 6.07) is 10.1. The van der Waals surface area contributed by atoms with Crippen molar-refractivity contribution in [2.24, 2.45) is 12.0 Å². The van der Waals surface area contributed by atoms with Crippen LogP contribution in [0.4, 0.5) is 0 Å². The van der Waals surface area contributed by atoms with Crippen molar-refractivity contribution in [3.05, 3.63) is 51.8 Å². The van der Waals surface area contributed by atoms with Crippen molar-refractivity contribution in [1.82, 2.24) is 4.57 Å². The Morgan fingerprint density at radius 1 is 1.15 bits per heavy atom. The molecule has 6 heteroatoms. The first-order chi connectivity index (χ1) is 12.5. The highest BCUT2D eigenvalue weighted by Gasteiger charge is 2.15. The SMILES string of the molecule is Cc1ccc(C)c(CC(=O)N=c2sc3cc4c(cc3n2C)OCCO4)c1. The predicted molar refractivity (Wildman–Crippen MR) is 102 cm³/mol. The molecule has 26 heavy (non-hydrogen) atoms. The third kappa shape index (κ3) is 3.12. The second-order valence-electron chi connectivity index (χ2n) is 6.52. The van der Waals surface area contributed by atoms with Crippen molar-refractivity contribution in [1.29, 1.82) is 0 Å². The molecule has 0 spiro atoms. The quantitative estimate of drug-likeness (QED) is 0.697. The van der Waals surface area contributed by atoms with E-state index in [0.29, 0.717) is 24.4 Å². The number of thiazole rings is 1. The van der Waals surface area contributed by atoms with Gasteiger partial charge in [-0.25, -0.2) is 0 Å². The van der Waals surface area contributed by atoms with Crippen molar-refractivity contribution in [2.75, 3.05) is 13.2 Å². The number of ether oxygens (including phenoxy) is 2. The Morgan fingerprint density at radius 3 is 2.65 bits per heavy atom. The third-order valence-electron chi connectivity index (χ3n) is 4.54. The van der Waals surface area contributed by atoms with Crippen LogP contribution >= 0.6 is 11.3 Å². The Kier molecular flexibility index (Phi) is 4.28. The van der Waals surface area contributed by atoms with Gasteiger partial charge < -0.3 is 14.0 Å². The van der Waals surface area contributed by atoms with Crippen LogP contribution in [0.25, 0.3) is 10.2 Å². The number of carbonyl (C=O) groups excluding carboxylic acids is 1. The monoisotopic (exact) mass is 368 g/mol. The van der Waals surface area contributed by atoms with Crippen molar-refractivity contribution in [3.63, 3.8) is 0 Å². The lowest BCUT2D eigenvalue weighted by Gasteiger charge is -2.18. The van der Waals surface area contributed by atoms with E-state index >= 15 is 0 Å². The van der Waals surface area contributed by atoms with Gasteiger partial charge in [-0.1, -0.05) is 35.1 Å². The molecule has 0 atom stereocenters. The normalized spacial score (nSPS) is 14.0. The van der Waals surface area contributed by atoms with Gasteiger partial charge in [0.1, 0.15) is 13.2 Å². The summed E-state index contributed by atoms with van der Waals surface area (Å²) < 4.78 is 14.2. The van der Waals surface area contributed by atoms with E-state index in [-0.39, 0.29) is 5.91 Å². The number of aromatic nitrogens is 1. The molecule has 0 saturated heterocycles. The molecular weight excluding hydrogens is 348 g/mol. The summed E-state index contributed by atoms with van der Waals surface area (Å²) in [6.45, 7) is 5.16. The molecule has 2 aromatic carbocycles. The lowest BCUT2D eigenvalue weighted by atomic mass is 10.0. The number of benzene rings is 2. The number of carbonyl (C=O) groups is 1. The van der Waals surface area contributed by atoms with Crippen molar-refractivity contribution in [2.45, 2.75) is 20.3 Å². The summed E-state index contributed by atoms with van der Waals surface area (Å²) in [4.78, 5) is 17.5. The van der Waals surface area contributed by atoms with Gasteiger partial charge in [0, 0.05) is 19.2 Å². The number of amides is 1. The Labute approximate surface area is 155 Å². The van der Waals surface area contributed by atoms with Gasteiger partial charge in [0.15, 0.2) is 16.3 Å². The minimum absolute atomic E-state index is 0.141. The summed E-state index contributed by atoms with van der Waals surface area (Å²) in [5.74, 6) is 1.35. The van der Waals surface area contributed by atoms with E-state index in [9.17, 15) is 4.79 Å². The van der Waals surface area contributed by atoms with Crippen LogP contribution in [0.2, 0.25) is 0 Å². The molecule has 0 bridgehead atoms. The molecule has 2 heterocycles. The predicted octanol–water partition coefficient (Wildman–Crippen LogP) is 3.30. The zero-order valence-electron chi connectivity index (χ0n) is 15.0. The van der Waals surface area contributed by atoms with E-state index in [0.717, 1.165) is 38.4 Å². The van der Waals surface area contributed by atoms with E-state index in [1.807, 2.05) is 43.7 Å². The number of fused-ring (bicyclic) bond motifs is 2. The fraction of sp³-hybridized carbons (Fsp3) is 0.300. The molecule has 1 aliphatic heterocycles. The standard InChI is InChI=1S/C20H20N2O3S/c1-12-4-5-13(2)14(8-12)9-19(23)21-20-22(3)15-10-16-17(11-18(15)26-20)25-7-6-24-16/h4-5,8,10-11H,6-7,9H2,1-3H3. The van der Waals surface area contributed by atoms with Crippen LogP contribution in [0.5, 0.6) is 11.5 Å². The first-order valence-corrected chi connectivity index (χ1v) is 9.36. The van der Waals surface area contributed by atoms with Crippen LogP contribution in [0.1, 0.15) is 16.7 Å². The molecular formula is C20H20N2O3S. The lowest BCUT2D eigenvalue weighted by molar-refractivity contribution is -0.117. The second-order valence-corrected chi connectivity index (χ2v) is 7.53. The summed E-state index contributed by atoms with van der Waals surface area (Å²) in [6.07, 6.45) is 0.310. The van der Waals surface area contributed by atoms with Crippen LogP contribution in [-0.2, 0) is 18.3 Å². The zero-order valence-corrected chi connectivity index (χ0v) is 15.9. The Hall–Kier alpha value is -2.60. The van der Waals surface area contributed by atoms with Gasteiger partial charge >= 0.3 is 0 Å². The highest BCUT2D eigenvalue weighted by Crippen LogP contribution is 2.35. The maximum atomic E-state index is 12.5. The Bertz CT molecular complexity index is 1080. The van der Waals surface area contributed by atoms with Crippen LogP contribution in [0.3, 0.4) is 0 Å². The molecule has 3 aromatic rings. The van der Waals surface area contributed by atoms with E-state index < -0.39 is 0 Å². The molecule has 0 fully saturated rings. The molecule has 134 valence electrons. The summed E-state index contributed by atoms with van der Waals surface area (Å²) in [5, 5.41) is 0. The second kappa shape index (κ2) is 6.61. The van der Waals surface area contributed by atoms with Crippen molar-refractivity contribution >= 4 is 27.5 Å². The van der Waals surface area contributed by atoms with E-state index in [1.165, 1.54) is 11.3 Å². The van der Waals surface area contributed by atoms with Crippen LogP contribution in [-0.4, -0.2) is 23.7 Å². The fourth-order valence-electron chi connectivity index (χ4n) is 3.07. The number of hydrogen-bond acceptors (Lipinski definition) is 4. The molecule has 1 aromatic heterocycles. The molecule has 4 rings (SSSR count). The van der Waals surface area contributed by atoms with Gasteiger partial charge in [0.05, 0.1) is 16.6 Å². The number of nitrogens with zero attached hydrogens (tertiary/aromatic N) is 2. The van der Waals surface area contributed by atoms with E-state index in [4.69, 9.17) is 9.47 Å². The zero-order chi connectivity index (χ0) is 18.3. The minimum Gasteiger partial charge on any atom is -0.486 e. The first kappa shape index (κ1) is 16.8. The first-order valence-electron chi connectivity index (χ1n) is 8.54. The molecule has 0 aliphatic carbocycles. The Morgan fingerprint density at radius 2 is 1.88 bits per heavy atom. The topological polar surface area (TPSA) is 52.8 Å². The van der Waals surface area contributed by atoms with Gasteiger partial charge in [-0.15, -0.1) is 0 Å². The summed E-state index contributed by atoms with van der Waals surface area (Å²) >= 11 is 1.48. The highest BCUT2D eigenvalue weighted by atomic mass is 32.1. The maximum Gasteiger partial charge on any atom is 0.252 e. The fourth-order valence-corrected chi connectivity index (χ4v) is 4.12. The minimum atomic E-state index is -0.141. The molecule has 1 amide bonds. The molecule has 1 aliphatic rings. The smallest absolute Gasteiger partial charge is 0.252 e. The number of rotatable bonds is 2. The van der Waals surface area contributed by atoms with Gasteiger partial charge in [0.2, 0.25) is 0 Å². The average Bonchev–Trinajstić information content (AvgIpc) is 2.91. The van der Waals surface area contributed by atoms with Crippen molar-refractivity contribution < 1.29 is 14.3 Å². The summed E-state index contributed by atoms with van der Waals surface area (Å²) in [7, 11) is 1.92. The van der Waals surface area contributed by atoms with Crippen LogP contribution in [0.15, 0.2) is 35.3 Å². The third-order valence-corrected chi connectivity index (χ3v) is 5.63. The number of aryl methyl sites for hydroxylation is 3. The number of hydrogen-bond donors (Lipinski definition) is 0. The highest BCUT2D eigenvalue weighted by molar-refractivity contribution is 7.16. The molecule has 0 radical (unpaired) electrons. The largest absolute Gasteiger partial charge is 0.486 e. The average molecular weight is 368 g/mol. The van der Waals surface area contributed by atoms with Crippen molar-refractivity contribution in [3.8, 4) is 11.5 Å². The molecule has 0 unspecified atom stereocenters. The molecule has 0 saturated carbocycles. The van der Waals surface area contributed by atoms with Gasteiger partial charge in [-0.3, -0.25) is 4.79 Å². The Balaban J connectivity index is 1.70. The van der Waals surface area contributed by atoms with E-state index in [1.54, 1.807) is 0 Å². The summed E-state index contributed by atoms with van der Waals surface area (Å²) in [5.41, 5.74) is 4.27. The van der Waals surface area contributed by atoms with Gasteiger partial charge in [0.25, 0.3) is 5.91 Å². The molecule has 0 N–H and O–H groups in total. The van der Waals surface area contributed by atoms with Crippen LogP contribution < -0.4 is 14.3 Å². The lowest BCUT2D eigenvalue weighted by Crippen LogP contribution is -2.16.